The van der Waals surface area contributed by atoms with E-state index in [0.29, 0.717) is 5.92 Å². The number of amides is 1. The lowest BCUT2D eigenvalue weighted by Gasteiger charge is -2.07. The van der Waals surface area contributed by atoms with Crippen LogP contribution in [-0.4, -0.2) is 5.91 Å². The van der Waals surface area contributed by atoms with Gasteiger partial charge < -0.3 is 5.32 Å². The van der Waals surface area contributed by atoms with Crippen LogP contribution in [0.5, 0.6) is 0 Å². The lowest BCUT2D eigenvalue weighted by molar-refractivity contribution is -0.117. The summed E-state index contributed by atoms with van der Waals surface area (Å²) in [7, 11) is 0. The molecule has 1 aliphatic carbocycles. The number of carbonyl (C=O) groups excluding carboxylic acids is 1. The third kappa shape index (κ3) is 3.09. The molecule has 0 radical (unpaired) electrons. The van der Waals surface area contributed by atoms with Gasteiger partial charge in [-0.25, -0.2) is 0 Å². The molecule has 3 aromatic carbocycles. The number of rotatable bonds is 4. The number of anilines is 1. The molecular formula is C22H19NO. The van der Waals surface area contributed by atoms with Crippen LogP contribution in [0.3, 0.4) is 0 Å². The van der Waals surface area contributed by atoms with Gasteiger partial charge in [-0.05, 0) is 41.2 Å². The lowest BCUT2D eigenvalue weighted by atomic mass is 10.1. The highest BCUT2D eigenvalue weighted by Crippen LogP contribution is 2.47. The van der Waals surface area contributed by atoms with E-state index < -0.39 is 0 Å². The number of benzene rings is 3. The number of nitrogens with one attached hydrogen (secondary N) is 1. The van der Waals surface area contributed by atoms with E-state index in [0.717, 1.165) is 17.7 Å². The summed E-state index contributed by atoms with van der Waals surface area (Å²) in [5, 5.41) is 3.04. The van der Waals surface area contributed by atoms with Crippen LogP contribution in [0.25, 0.3) is 11.1 Å². The molecule has 2 atom stereocenters. The van der Waals surface area contributed by atoms with Gasteiger partial charge in [-0.15, -0.1) is 0 Å². The van der Waals surface area contributed by atoms with Gasteiger partial charge in [0.15, 0.2) is 0 Å². The highest BCUT2D eigenvalue weighted by molar-refractivity contribution is 5.95. The third-order valence-corrected chi connectivity index (χ3v) is 4.61. The van der Waals surface area contributed by atoms with Crippen molar-refractivity contribution >= 4 is 11.6 Å². The van der Waals surface area contributed by atoms with E-state index in [1.165, 1.54) is 11.1 Å². The molecule has 1 N–H and O–H groups in total. The summed E-state index contributed by atoms with van der Waals surface area (Å²) < 4.78 is 0. The third-order valence-electron chi connectivity index (χ3n) is 4.61. The summed E-state index contributed by atoms with van der Waals surface area (Å²) in [4.78, 5) is 12.4. The molecule has 118 valence electrons. The maximum atomic E-state index is 12.4. The van der Waals surface area contributed by atoms with Crippen molar-refractivity contribution in [3.63, 3.8) is 0 Å². The van der Waals surface area contributed by atoms with Crippen molar-refractivity contribution in [3.8, 4) is 11.1 Å². The number of hydrogen-bond donors (Lipinski definition) is 1. The van der Waals surface area contributed by atoms with E-state index in [1.54, 1.807) is 0 Å². The van der Waals surface area contributed by atoms with E-state index in [-0.39, 0.29) is 11.8 Å². The van der Waals surface area contributed by atoms with Crippen molar-refractivity contribution in [2.45, 2.75) is 12.3 Å². The molecule has 0 aromatic heterocycles. The minimum atomic E-state index is 0.0983. The Kier molecular flexibility index (Phi) is 3.87. The second kappa shape index (κ2) is 6.32. The molecule has 0 aliphatic heterocycles. The van der Waals surface area contributed by atoms with Crippen LogP contribution in [0.2, 0.25) is 0 Å². The maximum absolute atomic E-state index is 12.4. The summed E-state index contributed by atoms with van der Waals surface area (Å²) in [6.45, 7) is 0. The molecule has 3 aromatic rings. The van der Waals surface area contributed by atoms with E-state index in [9.17, 15) is 4.79 Å². The highest BCUT2D eigenvalue weighted by Gasteiger charge is 2.43. The first kappa shape index (κ1) is 14.7. The zero-order valence-corrected chi connectivity index (χ0v) is 13.4. The van der Waals surface area contributed by atoms with E-state index in [2.05, 4.69) is 29.6 Å². The Labute approximate surface area is 142 Å². The molecule has 0 bridgehead atoms. The second-order valence-electron chi connectivity index (χ2n) is 6.29. The SMILES string of the molecule is O=C(Nc1ccc(-c2ccccc2)cc1)[C@H]1C[C@H]1c1ccccc1. The van der Waals surface area contributed by atoms with Gasteiger partial charge in [0.05, 0.1) is 0 Å². The minimum absolute atomic E-state index is 0.0983. The van der Waals surface area contributed by atoms with Gasteiger partial charge in [-0.2, -0.15) is 0 Å². The molecule has 1 saturated carbocycles. The van der Waals surface area contributed by atoms with Crippen LogP contribution in [-0.2, 0) is 4.79 Å². The van der Waals surface area contributed by atoms with E-state index in [4.69, 9.17) is 0 Å². The normalized spacial score (nSPS) is 18.8. The fourth-order valence-corrected chi connectivity index (χ4v) is 3.16. The molecule has 0 heterocycles. The van der Waals surface area contributed by atoms with Gasteiger partial charge >= 0.3 is 0 Å². The van der Waals surface area contributed by atoms with Gasteiger partial charge in [-0.1, -0.05) is 72.8 Å². The van der Waals surface area contributed by atoms with Crippen molar-refractivity contribution in [3.05, 3.63) is 90.5 Å². The molecule has 2 heteroatoms. The van der Waals surface area contributed by atoms with Gasteiger partial charge in [0.25, 0.3) is 0 Å². The molecule has 0 spiro atoms. The number of hydrogen-bond acceptors (Lipinski definition) is 1. The average molecular weight is 313 g/mol. The van der Waals surface area contributed by atoms with Gasteiger partial charge in [0, 0.05) is 11.6 Å². The summed E-state index contributed by atoms with van der Waals surface area (Å²) in [6, 6.07) is 28.6. The Hall–Kier alpha value is -2.87. The Balaban J connectivity index is 1.40. The molecular weight excluding hydrogens is 294 g/mol. The van der Waals surface area contributed by atoms with Crippen molar-refractivity contribution in [2.75, 3.05) is 5.32 Å². The van der Waals surface area contributed by atoms with Crippen molar-refractivity contribution in [2.24, 2.45) is 5.92 Å². The van der Waals surface area contributed by atoms with Crippen LogP contribution >= 0.6 is 0 Å². The Morgan fingerprint density at radius 2 is 1.33 bits per heavy atom. The fraction of sp³-hybridized carbons (Fsp3) is 0.136. The molecule has 1 fully saturated rings. The van der Waals surface area contributed by atoms with Gasteiger partial charge in [-0.3, -0.25) is 4.79 Å². The fourth-order valence-electron chi connectivity index (χ4n) is 3.16. The van der Waals surface area contributed by atoms with Crippen LogP contribution in [0.4, 0.5) is 5.69 Å². The van der Waals surface area contributed by atoms with Crippen LogP contribution in [0, 0.1) is 5.92 Å². The van der Waals surface area contributed by atoms with E-state index >= 15 is 0 Å². The van der Waals surface area contributed by atoms with Gasteiger partial charge in [0.1, 0.15) is 0 Å². The molecule has 0 unspecified atom stereocenters. The molecule has 1 aliphatic rings. The van der Waals surface area contributed by atoms with Crippen LogP contribution in [0.1, 0.15) is 17.9 Å². The molecule has 0 saturated heterocycles. The highest BCUT2D eigenvalue weighted by atomic mass is 16.2. The first-order valence-electron chi connectivity index (χ1n) is 8.32. The standard InChI is InChI=1S/C22H19NO/c24-22(21-15-20(21)18-9-5-2-6-10-18)23-19-13-11-17(12-14-19)16-7-3-1-4-8-16/h1-14,20-21H,15H2,(H,23,24)/t20-,21-/m0/s1. The first-order valence-corrected chi connectivity index (χ1v) is 8.32. The predicted molar refractivity (Wildman–Crippen MR) is 97.8 cm³/mol. The molecule has 4 rings (SSSR count). The first-order chi connectivity index (χ1) is 11.8. The Morgan fingerprint density at radius 1 is 0.750 bits per heavy atom. The monoisotopic (exact) mass is 313 g/mol. The predicted octanol–water partition coefficient (Wildman–Crippen LogP) is 5.10. The van der Waals surface area contributed by atoms with Crippen LogP contribution < -0.4 is 5.32 Å². The average Bonchev–Trinajstić information content (AvgIpc) is 3.45. The molecule has 2 nitrogen and oxygen atoms in total. The largest absolute Gasteiger partial charge is 0.326 e. The van der Waals surface area contributed by atoms with Crippen molar-refractivity contribution in [1.82, 2.24) is 0 Å². The Morgan fingerprint density at radius 3 is 2.00 bits per heavy atom. The summed E-state index contributed by atoms with van der Waals surface area (Å²) in [5.41, 5.74) is 4.46. The minimum Gasteiger partial charge on any atom is -0.326 e. The van der Waals surface area contributed by atoms with Crippen molar-refractivity contribution < 1.29 is 4.79 Å². The van der Waals surface area contributed by atoms with Gasteiger partial charge in [0.2, 0.25) is 5.91 Å². The van der Waals surface area contributed by atoms with Crippen molar-refractivity contribution in [1.29, 1.82) is 0 Å². The summed E-state index contributed by atoms with van der Waals surface area (Å²) in [5.74, 6) is 0.590. The second-order valence-corrected chi connectivity index (χ2v) is 6.29. The quantitative estimate of drug-likeness (QED) is 0.713. The maximum Gasteiger partial charge on any atom is 0.228 e. The Bertz CT molecular complexity index is 825. The summed E-state index contributed by atoms with van der Waals surface area (Å²) in [6.07, 6.45) is 0.942. The lowest BCUT2D eigenvalue weighted by Crippen LogP contribution is -2.14. The van der Waals surface area contributed by atoms with E-state index in [1.807, 2.05) is 60.7 Å². The molecule has 1 amide bonds. The zero-order chi connectivity index (χ0) is 16.4. The topological polar surface area (TPSA) is 29.1 Å². The summed E-state index contributed by atoms with van der Waals surface area (Å²) >= 11 is 0. The molecule has 24 heavy (non-hydrogen) atoms. The number of carbonyl (C=O) groups is 1. The smallest absolute Gasteiger partial charge is 0.228 e. The zero-order valence-electron chi connectivity index (χ0n) is 13.4. The van der Waals surface area contributed by atoms with Crippen LogP contribution in [0.15, 0.2) is 84.9 Å².